The summed E-state index contributed by atoms with van der Waals surface area (Å²) in [6.07, 6.45) is 0. The monoisotopic (exact) mass is 368 g/mol. The van der Waals surface area contributed by atoms with E-state index in [-0.39, 0.29) is 0 Å². The highest BCUT2D eigenvalue weighted by Crippen LogP contribution is 2.29. The van der Waals surface area contributed by atoms with E-state index in [1.165, 1.54) is 11.1 Å². The normalized spacial score (nSPS) is 10.5. The molecule has 0 amide bonds. The Labute approximate surface area is 158 Å². The number of ether oxygens (including phenoxy) is 1. The standard InChI is InChI=1S/C20H21ClN4O/c1-12-6-5-7-17(14(12)3)24-20-22-13(2)10-19(25-20)23-15-8-9-18(26-4)16(21)11-15/h5-11H,1-4H3,(H2,22,23,24,25). The number of benzene rings is 2. The molecule has 26 heavy (non-hydrogen) atoms. The molecule has 0 spiro atoms. The molecular formula is C20H21ClN4O. The number of hydrogen-bond acceptors (Lipinski definition) is 5. The summed E-state index contributed by atoms with van der Waals surface area (Å²) in [6, 6.07) is 13.5. The van der Waals surface area contributed by atoms with E-state index in [0.717, 1.165) is 17.1 Å². The molecule has 0 saturated carbocycles. The molecule has 0 aliphatic rings. The van der Waals surface area contributed by atoms with Crippen LogP contribution in [0.25, 0.3) is 0 Å². The van der Waals surface area contributed by atoms with Crippen LogP contribution >= 0.6 is 11.6 Å². The molecule has 0 fully saturated rings. The first-order chi connectivity index (χ1) is 12.5. The van der Waals surface area contributed by atoms with Gasteiger partial charge in [0.25, 0.3) is 0 Å². The molecule has 0 unspecified atom stereocenters. The highest BCUT2D eigenvalue weighted by molar-refractivity contribution is 6.32. The summed E-state index contributed by atoms with van der Waals surface area (Å²) in [6.45, 7) is 6.09. The van der Waals surface area contributed by atoms with Crippen molar-refractivity contribution >= 4 is 34.7 Å². The van der Waals surface area contributed by atoms with Gasteiger partial charge in [0.05, 0.1) is 12.1 Å². The van der Waals surface area contributed by atoms with Crippen LogP contribution in [0.15, 0.2) is 42.5 Å². The molecule has 0 bridgehead atoms. The van der Waals surface area contributed by atoms with Gasteiger partial charge in [-0.25, -0.2) is 4.98 Å². The molecule has 3 aromatic rings. The fraction of sp³-hybridized carbons (Fsp3) is 0.200. The van der Waals surface area contributed by atoms with Gasteiger partial charge in [0.1, 0.15) is 11.6 Å². The number of hydrogen-bond donors (Lipinski definition) is 2. The third-order valence-electron chi connectivity index (χ3n) is 4.13. The topological polar surface area (TPSA) is 59.1 Å². The molecule has 3 rings (SSSR count). The molecule has 1 aromatic heterocycles. The van der Waals surface area contributed by atoms with E-state index in [0.29, 0.717) is 22.5 Å². The Bertz CT molecular complexity index is 943. The second kappa shape index (κ2) is 7.62. The number of aromatic nitrogens is 2. The van der Waals surface area contributed by atoms with E-state index in [1.54, 1.807) is 13.2 Å². The van der Waals surface area contributed by atoms with Gasteiger partial charge in [-0.2, -0.15) is 4.98 Å². The fourth-order valence-corrected chi connectivity index (χ4v) is 2.85. The number of halogens is 1. The molecule has 0 aliphatic carbocycles. The fourth-order valence-electron chi connectivity index (χ4n) is 2.59. The van der Waals surface area contributed by atoms with Crippen LogP contribution in [0.2, 0.25) is 5.02 Å². The van der Waals surface area contributed by atoms with Gasteiger partial charge >= 0.3 is 0 Å². The van der Waals surface area contributed by atoms with E-state index in [4.69, 9.17) is 16.3 Å². The molecule has 0 saturated heterocycles. The number of aryl methyl sites for hydroxylation is 2. The zero-order chi connectivity index (χ0) is 18.7. The summed E-state index contributed by atoms with van der Waals surface area (Å²) in [4.78, 5) is 9.04. The molecule has 1 heterocycles. The van der Waals surface area contributed by atoms with E-state index >= 15 is 0 Å². The van der Waals surface area contributed by atoms with Gasteiger partial charge in [-0.05, 0) is 56.2 Å². The van der Waals surface area contributed by atoms with E-state index < -0.39 is 0 Å². The number of anilines is 4. The zero-order valence-corrected chi connectivity index (χ0v) is 16.0. The highest BCUT2D eigenvalue weighted by Gasteiger charge is 2.07. The SMILES string of the molecule is COc1ccc(Nc2cc(C)nc(Nc3cccc(C)c3C)n2)cc1Cl. The lowest BCUT2D eigenvalue weighted by molar-refractivity contribution is 0.415. The van der Waals surface area contributed by atoms with Crippen LogP contribution in [0, 0.1) is 20.8 Å². The van der Waals surface area contributed by atoms with Crippen LogP contribution in [0.3, 0.4) is 0 Å². The molecular weight excluding hydrogens is 348 g/mol. The Hall–Kier alpha value is -2.79. The van der Waals surface area contributed by atoms with Crippen molar-refractivity contribution in [2.75, 3.05) is 17.7 Å². The third-order valence-corrected chi connectivity index (χ3v) is 4.42. The first-order valence-corrected chi connectivity index (χ1v) is 8.63. The van der Waals surface area contributed by atoms with Crippen LogP contribution < -0.4 is 15.4 Å². The van der Waals surface area contributed by atoms with Crippen molar-refractivity contribution in [3.05, 3.63) is 64.3 Å². The summed E-state index contributed by atoms with van der Waals surface area (Å²) in [5.74, 6) is 1.86. The average Bonchev–Trinajstić information content (AvgIpc) is 2.59. The largest absolute Gasteiger partial charge is 0.495 e. The minimum absolute atomic E-state index is 0.539. The van der Waals surface area contributed by atoms with Crippen LogP contribution in [0.4, 0.5) is 23.1 Å². The number of nitrogens with zero attached hydrogens (tertiary/aromatic N) is 2. The Balaban J connectivity index is 1.86. The van der Waals surface area contributed by atoms with Crippen molar-refractivity contribution < 1.29 is 4.74 Å². The van der Waals surface area contributed by atoms with Crippen LogP contribution in [-0.4, -0.2) is 17.1 Å². The summed E-state index contributed by atoms with van der Waals surface area (Å²) in [7, 11) is 1.59. The molecule has 0 aliphatic heterocycles. The van der Waals surface area contributed by atoms with Crippen molar-refractivity contribution in [1.29, 1.82) is 0 Å². The molecule has 2 N–H and O–H groups in total. The van der Waals surface area contributed by atoms with Gasteiger partial charge < -0.3 is 15.4 Å². The van der Waals surface area contributed by atoms with Gasteiger partial charge in [-0.1, -0.05) is 23.7 Å². The van der Waals surface area contributed by atoms with Crippen molar-refractivity contribution in [2.24, 2.45) is 0 Å². The van der Waals surface area contributed by atoms with E-state index in [1.807, 2.05) is 37.3 Å². The van der Waals surface area contributed by atoms with Crippen LogP contribution in [-0.2, 0) is 0 Å². The minimum atomic E-state index is 0.539. The maximum Gasteiger partial charge on any atom is 0.229 e. The smallest absolute Gasteiger partial charge is 0.229 e. The van der Waals surface area contributed by atoms with E-state index in [9.17, 15) is 0 Å². The second-order valence-electron chi connectivity index (χ2n) is 6.06. The first kappa shape index (κ1) is 18.0. The Morgan fingerprint density at radius 2 is 1.77 bits per heavy atom. The third kappa shape index (κ3) is 4.06. The molecule has 5 nitrogen and oxygen atoms in total. The second-order valence-corrected chi connectivity index (χ2v) is 6.47. The van der Waals surface area contributed by atoms with Crippen molar-refractivity contribution in [3.8, 4) is 5.75 Å². The Morgan fingerprint density at radius 1 is 0.962 bits per heavy atom. The Kier molecular flexibility index (Phi) is 5.28. The predicted octanol–water partition coefficient (Wildman–Crippen LogP) is 5.55. The molecule has 0 radical (unpaired) electrons. The summed E-state index contributed by atoms with van der Waals surface area (Å²) < 4.78 is 5.18. The van der Waals surface area contributed by atoms with Crippen LogP contribution in [0.5, 0.6) is 5.75 Å². The maximum absolute atomic E-state index is 6.19. The number of rotatable bonds is 5. The molecule has 2 aromatic carbocycles. The maximum atomic E-state index is 6.19. The average molecular weight is 369 g/mol. The lowest BCUT2D eigenvalue weighted by Crippen LogP contribution is -2.03. The van der Waals surface area contributed by atoms with Gasteiger partial charge in [0.15, 0.2) is 0 Å². The molecule has 134 valence electrons. The van der Waals surface area contributed by atoms with Crippen LogP contribution in [0.1, 0.15) is 16.8 Å². The van der Waals surface area contributed by atoms with Gasteiger partial charge in [-0.3, -0.25) is 0 Å². The highest BCUT2D eigenvalue weighted by atomic mass is 35.5. The van der Waals surface area contributed by atoms with Gasteiger partial charge in [-0.15, -0.1) is 0 Å². The molecule has 0 atom stereocenters. The van der Waals surface area contributed by atoms with Crippen molar-refractivity contribution in [3.63, 3.8) is 0 Å². The van der Waals surface area contributed by atoms with Gasteiger partial charge in [0.2, 0.25) is 5.95 Å². The van der Waals surface area contributed by atoms with E-state index in [2.05, 4.69) is 40.5 Å². The zero-order valence-electron chi connectivity index (χ0n) is 15.2. The quantitative estimate of drug-likeness (QED) is 0.618. The summed E-state index contributed by atoms with van der Waals surface area (Å²) in [5.41, 5.74) is 5.07. The predicted molar refractivity (Wildman–Crippen MR) is 107 cm³/mol. The minimum Gasteiger partial charge on any atom is -0.495 e. The molecule has 6 heteroatoms. The first-order valence-electron chi connectivity index (χ1n) is 8.26. The van der Waals surface area contributed by atoms with Crippen molar-refractivity contribution in [1.82, 2.24) is 9.97 Å². The van der Waals surface area contributed by atoms with Crippen molar-refractivity contribution in [2.45, 2.75) is 20.8 Å². The summed E-state index contributed by atoms with van der Waals surface area (Å²) >= 11 is 6.19. The Morgan fingerprint density at radius 3 is 2.50 bits per heavy atom. The lowest BCUT2D eigenvalue weighted by Gasteiger charge is -2.13. The number of methoxy groups -OCH3 is 1. The number of nitrogens with one attached hydrogen (secondary N) is 2. The lowest BCUT2D eigenvalue weighted by atomic mass is 10.1. The van der Waals surface area contributed by atoms with Gasteiger partial charge in [0, 0.05) is 23.1 Å². The summed E-state index contributed by atoms with van der Waals surface area (Å²) in [5, 5.41) is 7.10.